The van der Waals surface area contributed by atoms with E-state index in [1.54, 1.807) is 0 Å². The molecule has 2 rings (SSSR count). The molecule has 1 aromatic carbocycles. The molecule has 0 saturated heterocycles. The number of hydrogen-bond acceptors (Lipinski definition) is 1. The molecule has 1 nitrogen and oxygen atoms in total. The zero-order valence-corrected chi connectivity index (χ0v) is 9.49. The largest absolute Gasteiger partial charge is 0.298 e. The van der Waals surface area contributed by atoms with Crippen LogP contribution >= 0.6 is 0 Å². The van der Waals surface area contributed by atoms with E-state index in [0.717, 1.165) is 19.3 Å². The first-order valence-electron chi connectivity index (χ1n) is 5.80. The van der Waals surface area contributed by atoms with Crippen LogP contribution in [-0.4, -0.2) is 5.78 Å². The van der Waals surface area contributed by atoms with Crippen LogP contribution in [0.5, 0.6) is 0 Å². The Kier molecular flexibility index (Phi) is 2.64. The van der Waals surface area contributed by atoms with Crippen molar-refractivity contribution >= 4 is 5.78 Å². The first kappa shape index (κ1) is 10.4. The predicted octanol–water partition coefficient (Wildman–Crippen LogP) is 3.33. The topological polar surface area (TPSA) is 17.1 Å². The number of hydrogen-bond donors (Lipinski definition) is 0. The summed E-state index contributed by atoms with van der Waals surface area (Å²) in [6.45, 7) is 4.13. The molecule has 0 amide bonds. The van der Waals surface area contributed by atoms with Crippen molar-refractivity contribution in [3.8, 4) is 0 Å². The van der Waals surface area contributed by atoms with Crippen molar-refractivity contribution in [3.05, 3.63) is 35.9 Å². The van der Waals surface area contributed by atoms with Gasteiger partial charge in [0, 0.05) is 5.92 Å². The van der Waals surface area contributed by atoms with Crippen molar-refractivity contribution in [2.45, 2.75) is 38.5 Å². The summed E-state index contributed by atoms with van der Waals surface area (Å²) in [5.41, 5.74) is 1.10. The number of Topliss-reactive ketones (excluding diaryl/α,β-unsaturated/α-hetero) is 1. The number of rotatable bonds is 4. The summed E-state index contributed by atoms with van der Waals surface area (Å²) in [6.07, 6.45) is 3.04. The quantitative estimate of drug-likeness (QED) is 0.732. The molecular weight excluding hydrogens is 184 g/mol. The van der Waals surface area contributed by atoms with Crippen LogP contribution in [0.2, 0.25) is 0 Å². The second-order valence-corrected chi connectivity index (χ2v) is 4.62. The van der Waals surface area contributed by atoms with Crippen LogP contribution in [0.15, 0.2) is 30.3 Å². The van der Waals surface area contributed by atoms with Crippen LogP contribution in [-0.2, 0) is 10.2 Å². The molecule has 1 fully saturated rings. The Morgan fingerprint density at radius 3 is 2.40 bits per heavy atom. The Morgan fingerprint density at radius 1 is 1.33 bits per heavy atom. The van der Waals surface area contributed by atoms with Gasteiger partial charge in [0.05, 0.1) is 5.41 Å². The minimum Gasteiger partial charge on any atom is -0.298 e. The molecule has 1 aliphatic rings. The van der Waals surface area contributed by atoms with Crippen LogP contribution in [0.3, 0.4) is 0 Å². The van der Waals surface area contributed by atoms with E-state index in [0.29, 0.717) is 5.78 Å². The minimum atomic E-state index is -0.114. The summed E-state index contributed by atoms with van der Waals surface area (Å²) in [4.78, 5) is 12.3. The average molecular weight is 202 g/mol. The van der Waals surface area contributed by atoms with E-state index in [9.17, 15) is 4.79 Å². The number of ketones is 1. The Morgan fingerprint density at radius 2 is 1.93 bits per heavy atom. The molecule has 0 unspecified atom stereocenters. The zero-order valence-electron chi connectivity index (χ0n) is 9.49. The number of benzene rings is 1. The number of carbonyl (C=O) groups is 1. The van der Waals surface area contributed by atoms with Crippen LogP contribution < -0.4 is 0 Å². The second-order valence-electron chi connectivity index (χ2n) is 4.62. The normalized spacial score (nSPS) is 19.6. The van der Waals surface area contributed by atoms with Crippen molar-refractivity contribution < 1.29 is 4.79 Å². The molecule has 15 heavy (non-hydrogen) atoms. The molecule has 0 aromatic heterocycles. The Labute approximate surface area is 91.5 Å². The Balaban J connectivity index is 2.25. The van der Waals surface area contributed by atoms with Crippen LogP contribution in [0.1, 0.15) is 38.7 Å². The lowest BCUT2D eigenvalue weighted by atomic mass is 9.84. The molecule has 1 saturated carbocycles. The van der Waals surface area contributed by atoms with E-state index < -0.39 is 0 Å². The Hall–Kier alpha value is -1.11. The monoisotopic (exact) mass is 202 g/mol. The predicted molar refractivity (Wildman–Crippen MR) is 61.8 cm³/mol. The van der Waals surface area contributed by atoms with Crippen molar-refractivity contribution in [2.75, 3.05) is 0 Å². The van der Waals surface area contributed by atoms with E-state index in [4.69, 9.17) is 0 Å². The average Bonchev–Trinajstić information content (AvgIpc) is 3.09. The van der Waals surface area contributed by atoms with Gasteiger partial charge < -0.3 is 0 Å². The molecule has 0 N–H and O–H groups in total. The molecule has 0 bridgehead atoms. The van der Waals surface area contributed by atoms with Gasteiger partial charge in [0.15, 0.2) is 0 Å². The van der Waals surface area contributed by atoms with Crippen LogP contribution in [0, 0.1) is 5.92 Å². The molecule has 1 heteroatoms. The summed E-state index contributed by atoms with van der Waals surface area (Å²) in [7, 11) is 0. The van der Waals surface area contributed by atoms with Gasteiger partial charge in [-0.25, -0.2) is 0 Å². The zero-order chi connectivity index (χ0) is 10.9. The summed E-state index contributed by atoms with van der Waals surface area (Å²) in [5.74, 6) is 0.643. The lowest BCUT2D eigenvalue weighted by Crippen LogP contribution is -2.26. The molecule has 1 aromatic rings. The Bertz CT molecular complexity index is 349. The molecule has 1 atom stereocenters. The summed E-state index contributed by atoms with van der Waals surface area (Å²) >= 11 is 0. The van der Waals surface area contributed by atoms with Gasteiger partial charge in [-0.2, -0.15) is 0 Å². The minimum absolute atomic E-state index is 0.114. The van der Waals surface area contributed by atoms with E-state index in [1.807, 2.05) is 25.1 Å². The maximum absolute atomic E-state index is 12.3. The molecule has 0 spiro atoms. The van der Waals surface area contributed by atoms with Gasteiger partial charge in [-0.3, -0.25) is 4.79 Å². The summed E-state index contributed by atoms with van der Waals surface area (Å²) in [6, 6.07) is 10.2. The standard InChI is InChI=1S/C14H18O/c1-3-11(2)13(15)14(9-10-14)12-7-5-4-6-8-12/h4-8,11H,3,9-10H2,1-2H3/t11-/m0/s1. The SMILES string of the molecule is CC[C@H](C)C(=O)C1(c2ccccc2)CC1. The summed E-state index contributed by atoms with van der Waals surface area (Å²) in [5, 5.41) is 0. The molecular formula is C14H18O. The van der Waals surface area contributed by atoms with Gasteiger partial charge in [-0.15, -0.1) is 0 Å². The fraction of sp³-hybridized carbons (Fsp3) is 0.500. The van der Waals surface area contributed by atoms with Gasteiger partial charge >= 0.3 is 0 Å². The van der Waals surface area contributed by atoms with Crippen molar-refractivity contribution in [3.63, 3.8) is 0 Å². The van der Waals surface area contributed by atoms with Crippen LogP contribution in [0.25, 0.3) is 0 Å². The molecule has 0 heterocycles. The van der Waals surface area contributed by atoms with Gasteiger partial charge in [-0.1, -0.05) is 44.2 Å². The molecule has 0 aliphatic heterocycles. The number of carbonyl (C=O) groups excluding carboxylic acids is 1. The van der Waals surface area contributed by atoms with Gasteiger partial charge in [-0.05, 0) is 24.8 Å². The van der Waals surface area contributed by atoms with E-state index in [1.165, 1.54) is 5.56 Å². The molecule has 1 aliphatic carbocycles. The highest BCUT2D eigenvalue weighted by atomic mass is 16.1. The fourth-order valence-corrected chi connectivity index (χ4v) is 2.22. The highest BCUT2D eigenvalue weighted by Crippen LogP contribution is 2.50. The third-order valence-corrected chi connectivity index (χ3v) is 3.61. The maximum Gasteiger partial charge on any atom is 0.146 e. The highest BCUT2D eigenvalue weighted by Gasteiger charge is 2.51. The van der Waals surface area contributed by atoms with Gasteiger partial charge in [0.1, 0.15) is 5.78 Å². The van der Waals surface area contributed by atoms with Gasteiger partial charge in [0.2, 0.25) is 0 Å². The van der Waals surface area contributed by atoms with E-state index in [-0.39, 0.29) is 11.3 Å². The molecule has 0 radical (unpaired) electrons. The highest BCUT2D eigenvalue weighted by molar-refractivity contribution is 5.94. The lowest BCUT2D eigenvalue weighted by molar-refractivity contribution is -0.125. The third-order valence-electron chi connectivity index (χ3n) is 3.61. The van der Waals surface area contributed by atoms with E-state index in [2.05, 4.69) is 19.1 Å². The van der Waals surface area contributed by atoms with Crippen LogP contribution in [0.4, 0.5) is 0 Å². The van der Waals surface area contributed by atoms with Gasteiger partial charge in [0.25, 0.3) is 0 Å². The van der Waals surface area contributed by atoms with Crippen molar-refractivity contribution in [1.82, 2.24) is 0 Å². The third kappa shape index (κ3) is 1.71. The molecule has 80 valence electrons. The van der Waals surface area contributed by atoms with Crippen molar-refractivity contribution in [2.24, 2.45) is 5.92 Å². The second kappa shape index (κ2) is 3.80. The first-order chi connectivity index (χ1) is 7.20. The lowest BCUT2D eigenvalue weighted by Gasteiger charge is -2.18. The van der Waals surface area contributed by atoms with E-state index >= 15 is 0 Å². The van der Waals surface area contributed by atoms with Crippen molar-refractivity contribution in [1.29, 1.82) is 0 Å². The summed E-state index contributed by atoms with van der Waals surface area (Å²) < 4.78 is 0. The smallest absolute Gasteiger partial charge is 0.146 e. The first-order valence-corrected chi connectivity index (χ1v) is 5.80. The fourth-order valence-electron chi connectivity index (χ4n) is 2.22. The maximum atomic E-state index is 12.3.